The minimum atomic E-state index is 0.690. The van der Waals surface area contributed by atoms with E-state index in [1.54, 1.807) is 18.7 Å². The lowest BCUT2D eigenvalue weighted by atomic mass is 10.4. The van der Waals surface area contributed by atoms with Crippen LogP contribution in [0.1, 0.15) is 0 Å². The molecular weight excluding hydrogens is 314 g/mol. The molecule has 0 aliphatic heterocycles. The van der Waals surface area contributed by atoms with Crippen LogP contribution in [0.15, 0.2) is 35.5 Å². The summed E-state index contributed by atoms with van der Waals surface area (Å²) in [7, 11) is 0. The monoisotopic (exact) mass is 323 g/mol. The fourth-order valence-electron chi connectivity index (χ4n) is 1.86. The summed E-state index contributed by atoms with van der Waals surface area (Å²) in [6.45, 7) is 1.59. The Bertz CT molecular complexity index is 728. The molecule has 3 aromatic rings. The summed E-state index contributed by atoms with van der Waals surface area (Å²) in [5.41, 5.74) is 1.82. The Hall–Kier alpha value is -1.47. The first-order valence-electron chi connectivity index (χ1n) is 5.44. The first-order chi connectivity index (χ1) is 8.74. The van der Waals surface area contributed by atoms with Crippen molar-refractivity contribution in [2.45, 2.75) is 13.1 Å². The molecule has 0 saturated heterocycles. The molecule has 0 bridgehead atoms. The molecule has 92 valence electrons. The van der Waals surface area contributed by atoms with E-state index in [1.807, 2.05) is 21.4 Å². The third-order valence-electron chi connectivity index (χ3n) is 2.72. The molecule has 3 heterocycles. The van der Waals surface area contributed by atoms with Crippen molar-refractivity contribution < 1.29 is 0 Å². The predicted molar refractivity (Wildman–Crippen MR) is 74.8 cm³/mol. The molecule has 0 aliphatic carbocycles. The molecule has 18 heavy (non-hydrogen) atoms. The lowest BCUT2D eigenvalue weighted by Gasteiger charge is -2.04. The molecule has 0 atom stereocenters. The first kappa shape index (κ1) is 11.6. The van der Waals surface area contributed by atoms with Crippen LogP contribution in [-0.4, -0.2) is 24.1 Å². The summed E-state index contributed by atoms with van der Waals surface area (Å²) < 4.78 is 5.64. The predicted octanol–water partition coefficient (Wildman–Crippen LogP) is 2.75. The lowest BCUT2D eigenvalue weighted by Crippen LogP contribution is -2.06. The summed E-state index contributed by atoms with van der Waals surface area (Å²) in [5, 5.41) is 0. The number of hydrogen-bond acceptors (Lipinski definition) is 3. The van der Waals surface area contributed by atoms with Gasteiger partial charge in [0.25, 0.3) is 0 Å². The van der Waals surface area contributed by atoms with Gasteiger partial charge in [0.1, 0.15) is 0 Å². The zero-order chi connectivity index (χ0) is 12.5. The van der Waals surface area contributed by atoms with Crippen molar-refractivity contribution in [3.63, 3.8) is 0 Å². The number of halogens is 1. The maximum atomic E-state index is 5.32. The van der Waals surface area contributed by atoms with Crippen LogP contribution in [0.5, 0.6) is 0 Å². The Morgan fingerprint density at radius 2 is 2.28 bits per heavy atom. The van der Waals surface area contributed by atoms with Gasteiger partial charge in [0, 0.05) is 36.2 Å². The zero-order valence-corrected chi connectivity index (χ0v) is 11.8. The lowest BCUT2D eigenvalue weighted by molar-refractivity contribution is 0.582. The second-order valence-corrected chi connectivity index (χ2v) is 5.21. The van der Waals surface area contributed by atoms with Crippen LogP contribution >= 0.6 is 28.1 Å². The molecule has 0 fully saturated rings. The molecule has 0 aliphatic rings. The molecular formula is C11H10BrN5S. The van der Waals surface area contributed by atoms with Crippen molar-refractivity contribution in [2.75, 3.05) is 0 Å². The number of rotatable bonds is 3. The van der Waals surface area contributed by atoms with Crippen molar-refractivity contribution in [3.8, 4) is 0 Å². The highest BCUT2D eigenvalue weighted by Crippen LogP contribution is 2.16. The van der Waals surface area contributed by atoms with Gasteiger partial charge >= 0.3 is 0 Å². The Labute approximate surface area is 117 Å². The van der Waals surface area contributed by atoms with Crippen LogP contribution in [0, 0.1) is 4.77 Å². The third kappa shape index (κ3) is 2.11. The molecule has 0 radical (unpaired) electrons. The van der Waals surface area contributed by atoms with Gasteiger partial charge in [-0.05, 0) is 34.2 Å². The Balaban J connectivity index is 1.96. The number of pyridine rings is 1. The van der Waals surface area contributed by atoms with Gasteiger partial charge in [-0.25, -0.2) is 9.97 Å². The largest absolute Gasteiger partial charge is 0.336 e. The van der Waals surface area contributed by atoms with Crippen LogP contribution in [-0.2, 0) is 13.1 Å². The van der Waals surface area contributed by atoms with Crippen LogP contribution in [0.25, 0.3) is 11.2 Å². The average molecular weight is 324 g/mol. The van der Waals surface area contributed by atoms with Gasteiger partial charge in [-0.15, -0.1) is 0 Å². The molecule has 0 saturated carbocycles. The summed E-state index contributed by atoms with van der Waals surface area (Å²) in [5.74, 6) is 0. The highest BCUT2D eigenvalue weighted by Gasteiger charge is 2.06. The SMILES string of the molecule is S=c1[nH]c2cc(Br)cnc2n1CCn1ccnc1. The molecule has 0 unspecified atom stereocenters. The van der Waals surface area contributed by atoms with Crippen molar-refractivity contribution >= 4 is 39.3 Å². The van der Waals surface area contributed by atoms with E-state index in [9.17, 15) is 0 Å². The number of aryl methyl sites for hydroxylation is 2. The number of aromatic nitrogens is 5. The fourth-order valence-corrected chi connectivity index (χ4v) is 2.48. The summed E-state index contributed by atoms with van der Waals surface area (Å²) in [4.78, 5) is 11.6. The molecule has 0 amide bonds. The normalized spacial score (nSPS) is 11.2. The van der Waals surface area contributed by atoms with E-state index in [0.717, 1.165) is 28.7 Å². The van der Waals surface area contributed by atoms with Gasteiger partial charge in [0.15, 0.2) is 10.4 Å². The molecule has 7 heteroatoms. The van der Waals surface area contributed by atoms with Gasteiger partial charge in [-0.1, -0.05) is 0 Å². The van der Waals surface area contributed by atoms with E-state index in [-0.39, 0.29) is 0 Å². The van der Waals surface area contributed by atoms with Crippen molar-refractivity contribution in [1.82, 2.24) is 24.1 Å². The summed E-state index contributed by atoms with van der Waals surface area (Å²) in [6, 6.07) is 1.98. The topological polar surface area (TPSA) is 51.4 Å². The second-order valence-electron chi connectivity index (χ2n) is 3.91. The standard InChI is InChI=1S/C11H10BrN5S/c12-8-5-9-10(14-6-8)17(11(18)15-9)4-3-16-2-1-13-7-16/h1-2,5-7H,3-4H2,(H,15,18). The van der Waals surface area contributed by atoms with E-state index >= 15 is 0 Å². The number of hydrogen-bond donors (Lipinski definition) is 1. The third-order valence-corrected chi connectivity index (χ3v) is 3.47. The Kier molecular flexibility index (Phi) is 3.00. The number of H-pyrrole nitrogens is 1. The highest BCUT2D eigenvalue weighted by molar-refractivity contribution is 9.10. The first-order valence-corrected chi connectivity index (χ1v) is 6.64. The van der Waals surface area contributed by atoms with Crippen LogP contribution in [0.2, 0.25) is 0 Å². The van der Waals surface area contributed by atoms with Gasteiger partial charge in [0.05, 0.1) is 11.8 Å². The highest BCUT2D eigenvalue weighted by atomic mass is 79.9. The van der Waals surface area contributed by atoms with E-state index < -0.39 is 0 Å². The van der Waals surface area contributed by atoms with Gasteiger partial charge in [-0.3, -0.25) is 4.57 Å². The number of aromatic amines is 1. The molecule has 3 aromatic heterocycles. The molecule has 0 aromatic carbocycles. The number of nitrogens with zero attached hydrogens (tertiary/aromatic N) is 4. The average Bonchev–Trinajstić information content (AvgIpc) is 2.93. The minimum Gasteiger partial charge on any atom is -0.336 e. The van der Waals surface area contributed by atoms with Gasteiger partial charge in [-0.2, -0.15) is 0 Å². The Morgan fingerprint density at radius 3 is 3.06 bits per heavy atom. The van der Waals surface area contributed by atoms with Crippen LogP contribution in [0.4, 0.5) is 0 Å². The number of fused-ring (bicyclic) bond motifs is 1. The summed E-state index contributed by atoms with van der Waals surface area (Å²) >= 11 is 8.72. The van der Waals surface area contributed by atoms with E-state index in [0.29, 0.717) is 4.77 Å². The van der Waals surface area contributed by atoms with Crippen molar-refractivity contribution in [3.05, 3.63) is 40.2 Å². The van der Waals surface area contributed by atoms with E-state index in [1.165, 1.54) is 0 Å². The Morgan fingerprint density at radius 1 is 1.39 bits per heavy atom. The molecule has 3 rings (SSSR count). The quantitative estimate of drug-likeness (QED) is 0.754. The van der Waals surface area contributed by atoms with E-state index in [4.69, 9.17) is 12.2 Å². The molecule has 1 N–H and O–H groups in total. The van der Waals surface area contributed by atoms with Gasteiger partial charge < -0.3 is 9.55 Å². The maximum absolute atomic E-state index is 5.32. The van der Waals surface area contributed by atoms with Crippen molar-refractivity contribution in [2.24, 2.45) is 0 Å². The molecule has 5 nitrogen and oxygen atoms in total. The fraction of sp³-hybridized carbons (Fsp3) is 0.182. The zero-order valence-electron chi connectivity index (χ0n) is 9.38. The summed E-state index contributed by atoms with van der Waals surface area (Å²) in [6.07, 6.45) is 7.27. The number of nitrogens with one attached hydrogen (secondary N) is 1. The number of imidazole rings is 2. The molecule has 0 spiro atoms. The van der Waals surface area contributed by atoms with Crippen LogP contribution < -0.4 is 0 Å². The van der Waals surface area contributed by atoms with Crippen molar-refractivity contribution in [1.29, 1.82) is 0 Å². The maximum Gasteiger partial charge on any atom is 0.179 e. The smallest absolute Gasteiger partial charge is 0.179 e. The van der Waals surface area contributed by atoms with Gasteiger partial charge in [0.2, 0.25) is 0 Å². The second kappa shape index (κ2) is 4.66. The minimum absolute atomic E-state index is 0.690. The van der Waals surface area contributed by atoms with E-state index in [2.05, 4.69) is 30.9 Å². The van der Waals surface area contributed by atoms with Crippen LogP contribution in [0.3, 0.4) is 0 Å².